The average molecular weight is 342 g/mol. The van der Waals surface area contributed by atoms with Crippen LogP contribution in [0.3, 0.4) is 0 Å². The number of aromatic nitrogens is 2. The number of benzene rings is 1. The van der Waals surface area contributed by atoms with Crippen LogP contribution in [0.4, 0.5) is 0 Å². The van der Waals surface area contributed by atoms with E-state index in [0.717, 1.165) is 29.7 Å². The third kappa shape index (κ3) is 4.18. The third-order valence-corrected chi connectivity index (χ3v) is 4.39. The van der Waals surface area contributed by atoms with Crippen LogP contribution >= 0.6 is 0 Å². The van der Waals surface area contributed by atoms with Gasteiger partial charge in [0.05, 0.1) is 11.0 Å². The van der Waals surface area contributed by atoms with Crippen molar-refractivity contribution in [1.82, 2.24) is 20.2 Å². The number of H-pyrrole nitrogens is 1. The number of aryl methyl sites for hydroxylation is 1. The highest BCUT2D eigenvalue weighted by Gasteiger charge is 2.35. The van der Waals surface area contributed by atoms with Crippen LogP contribution in [0, 0.1) is 0 Å². The minimum atomic E-state index is -0.345. The van der Waals surface area contributed by atoms with Crippen LogP contribution in [-0.2, 0) is 16.0 Å². The van der Waals surface area contributed by atoms with E-state index in [2.05, 4.69) is 15.3 Å². The first-order valence-electron chi connectivity index (χ1n) is 8.88. The number of nitrogens with one attached hydrogen (secondary N) is 2. The van der Waals surface area contributed by atoms with Crippen molar-refractivity contribution in [3.8, 4) is 0 Å². The number of nitrogens with zero attached hydrogens (tertiary/aromatic N) is 2. The molecule has 0 unspecified atom stereocenters. The van der Waals surface area contributed by atoms with Gasteiger partial charge in [-0.1, -0.05) is 12.1 Å². The van der Waals surface area contributed by atoms with Crippen molar-refractivity contribution in [1.29, 1.82) is 0 Å². The van der Waals surface area contributed by atoms with E-state index in [9.17, 15) is 9.59 Å². The van der Waals surface area contributed by atoms with Crippen LogP contribution < -0.4 is 5.32 Å². The number of amides is 2. The molecule has 1 aromatic carbocycles. The molecule has 1 aliphatic heterocycles. The van der Waals surface area contributed by atoms with E-state index < -0.39 is 0 Å². The highest BCUT2D eigenvalue weighted by molar-refractivity contribution is 5.88. The van der Waals surface area contributed by atoms with Gasteiger partial charge in [-0.25, -0.2) is 4.98 Å². The largest absolute Gasteiger partial charge is 0.350 e. The van der Waals surface area contributed by atoms with Crippen molar-refractivity contribution in [2.24, 2.45) is 0 Å². The second-order valence-corrected chi connectivity index (χ2v) is 7.69. The van der Waals surface area contributed by atoms with Gasteiger partial charge >= 0.3 is 0 Å². The van der Waals surface area contributed by atoms with Gasteiger partial charge in [0.25, 0.3) is 0 Å². The molecule has 2 amide bonds. The highest BCUT2D eigenvalue weighted by Crippen LogP contribution is 2.20. The first-order valence-corrected chi connectivity index (χ1v) is 8.88. The number of carbonyl (C=O) groups is 2. The van der Waals surface area contributed by atoms with Crippen LogP contribution in [0.1, 0.15) is 45.9 Å². The summed E-state index contributed by atoms with van der Waals surface area (Å²) in [7, 11) is 0. The first kappa shape index (κ1) is 17.5. The summed E-state index contributed by atoms with van der Waals surface area (Å²) < 4.78 is 0. The normalized spacial score (nSPS) is 17.9. The Labute approximate surface area is 148 Å². The Morgan fingerprint density at radius 3 is 2.80 bits per heavy atom. The summed E-state index contributed by atoms with van der Waals surface area (Å²) in [5, 5.41) is 2.99. The van der Waals surface area contributed by atoms with E-state index in [1.807, 2.05) is 45.0 Å². The number of rotatable bonds is 4. The molecule has 6 nitrogen and oxygen atoms in total. The minimum Gasteiger partial charge on any atom is -0.350 e. The van der Waals surface area contributed by atoms with Crippen LogP contribution in [0.5, 0.6) is 0 Å². The molecule has 2 aromatic rings. The molecule has 0 saturated carbocycles. The summed E-state index contributed by atoms with van der Waals surface area (Å²) in [6.07, 6.45) is 2.52. The topological polar surface area (TPSA) is 78.1 Å². The Hall–Kier alpha value is -2.37. The zero-order chi connectivity index (χ0) is 18.0. The molecule has 2 heterocycles. The number of hydrogen-bond donors (Lipinski definition) is 2. The highest BCUT2D eigenvalue weighted by atomic mass is 16.2. The summed E-state index contributed by atoms with van der Waals surface area (Å²) >= 11 is 0. The molecule has 0 radical (unpaired) electrons. The zero-order valence-electron chi connectivity index (χ0n) is 15.1. The quantitative estimate of drug-likeness (QED) is 0.895. The Kier molecular flexibility index (Phi) is 4.79. The van der Waals surface area contributed by atoms with Gasteiger partial charge in [-0.3, -0.25) is 9.59 Å². The monoisotopic (exact) mass is 342 g/mol. The Balaban J connectivity index is 1.60. The predicted octanol–water partition coefficient (Wildman–Crippen LogP) is 2.40. The summed E-state index contributed by atoms with van der Waals surface area (Å²) in [6.45, 7) is 6.51. The molecular weight excluding hydrogens is 316 g/mol. The summed E-state index contributed by atoms with van der Waals surface area (Å²) in [5.74, 6) is 0.776. The molecular formula is C19H26N4O2. The maximum atomic E-state index is 12.6. The molecule has 1 fully saturated rings. The fraction of sp³-hybridized carbons (Fsp3) is 0.526. The van der Waals surface area contributed by atoms with Crippen LogP contribution in [0.25, 0.3) is 11.0 Å². The van der Waals surface area contributed by atoms with Gasteiger partial charge in [0.15, 0.2) is 0 Å². The minimum absolute atomic E-state index is 0.0204. The molecule has 0 bridgehead atoms. The van der Waals surface area contributed by atoms with E-state index in [1.165, 1.54) is 0 Å². The predicted molar refractivity (Wildman–Crippen MR) is 97.0 cm³/mol. The zero-order valence-corrected chi connectivity index (χ0v) is 15.1. The molecule has 2 N–H and O–H groups in total. The standard InChI is InChI=1S/C19H26N4O2/c1-19(2,3)22-18(25)15-9-6-12-23(15)17(24)11-10-16-20-13-7-4-5-8-14(13)21-16/h4-5,7-8,15H,6,9-12H2,1-3H3,(H,20,21)(H,22,25)/t15-/m0/s1. The Bertz CT molecular complexity index is 742. The van der Waals surface area contributed by atoms with Gasteiger partial charge in [-0.15, -0.1) is 0 Å². The number of fused-ring (bicyclic) bond motifs is 1. The van der Waals surface area contributed by atoms with Crippen molar-refractivity contribution in [3.63, 3.8) is 0 Å². The summed E-state index contributed by atoms with van der Waals surface area (Å²) in [6, 6.07) is 7.48. The molecule has 25 heavy (non-hydrogen) atoms. The van der Waals surface area contributed by atoms with Crippen LogP contribution in [0.15, 0.2) is 24.3 Å². The summed E-state index contributed by atoms with van der Waals surface area (Å²) in [5.41, 5.74) is 1.60. The molecule has 6 heteroatoms. The number of aromatic amines is 1. The lowest BCUT2D eigenvalue weighted by Crippen LogP contribution is -2.51. The molecule has 3 rings (SSSR count). The Morgan fingerprint density at radius 1 is 1.32 bits per heavy atom. The van der Waals surface area contributed by atoms with Gasteiger partial charge in [-0.2, -0.15) is 0 Å². The van der Waals surface area contributed by atoms with Crippen molar-refractivity contribution in [3.05, 3.63) is 30.1 Å². The van der Waals surface area contributed by atoms with Gasteiger partial charge in [-0.05, 0) is 45.7 Å². The maximum absolute atomic E-state index is 12.6. The molecule has 0 spiro atoms. The Morgan fingerprint density at radius 2 is 2.08 bits per heavy atom. The van der Waals surface area contributed by atoms with E-state index in [0.29, 0.717) is 19.4 Å². The molecule has 134 valence electrons. The van der Waals surface area contributed by atoms with Crippen molar-refractivity contribution < 1.29 is 9.59 Å². The number of carbonyl (C=O) groups excluding carboxylic acids is 2. The number of likely N-dealkylation sites (tertiary alicyclic amines) is 1. The second kappa shape index (κ2) is 6.86. The average Bonchev–Trinajstić information content (AvgIpc) is 3.17. The van der Waals surface area contributed by atoms with Gasteiger partial charge in [0.1, 0.15) is 11.9 Å². The SMILES string of the molecule is CC(C)(C)NC(=O)[C@@H]1CCCN1C(=O)CCc1nc2ccccc2[nH]1. The molecule has 0 aliphatic carbocycles. The van der Waals surface area contributed by atoms with E-state index in [1.54, 1.807) is 4.90 Å². The molecule has 1 aromatic heterocycles. The van der Waals surface area contributed by atoms with Gasteiger partial charge in [0.2, 0.25) is 11.8 Å². The molecule has 1 atom stereocenters. The second-order valence-electron chi connectivity index (χ2n) is 7.69. The van der Waals surface area contributed by atoms with E-state index >= 15 is 0 Å². The number of imidazole rings is 1. The molecule has 1 saturated heterocycles. The summed E-state index contributed by atoms with van der Waals surface area (Å²) in [4.78, 5) is 34.5. The third-order valence-electron chi connectivity index (χ3n) is 4.39. The van der Waals surface area contributed by atoms with E-state index in [-0.39, 0.29) is 23.4 Å². The van der Waals surface area contributed by atoms with Gasteiger partial charge in [0, 0.05) is 24.9 Å². The maximum Gasteiger partial charge on any atom is 0.243 e. The lowest BCUT2D eigenvalue weighted by atomic mass is 10.1. The fourth-order valence-electron chi connectivity index (χ4n) is 3.28. The fourth-order valence-corrected chi connectivity index (χ4v) is 3.28. The smallest absolute Gasteiger partial charge is 0.243 e. The number of hydrogen-bond acceptors (Lipinski definition) is 3. The van der Waals surface area contributed by atoms with Crippen molar-refractivity contribution in [2.45, 2.75) is 58.0 Å². The van der Waals surface area contributed by atoms with E-state index in [4.69, 9.17) is 0 Å². The first-order chi connectivity index (χ1) is 11.8. The van der Waals surface area contributed by atoms with Crippen molar-refractivity contribution in [2.75, 3.05) is 6.54 Å². The van der Waals surface area contributed by atoms with Crippen LogP contribution in [0.2, 0.25) is 0 Å². The lowest BCUT2D eigenvalue weighted by Gasteiger charge is -2.28. The molecule has 1 aliphatic rings. The van der Waals surface area contributed by atoms with Crippen LogP contribution in [-0.4, -0.2) is 44.8 Å². The lowest BCUT2D eigenvalue weighted by molar-refractivity contribution is -0.139. The van der Waals surface area contributed by atoms with Gasteiger partial charge < -0.3 is 15.2 Å². The number of para-hydroxylation sites is 2. The van der Waals surface area contributed by atoms with Crippen molar-refractivity contribution >= 4 is 22.8 Å².